The minimum Gasteiger partial charge on any atom is -0.489 e. The highest BCUT2D eigenvalue weighted by molar-refractivity contribution is 6.10. The van der Waals surface area contributed by atoms with Crippen LogP contribution >= 0.6 is 0 Å². The van der Waals surface area contributed by atoms with Gasteiger partial charge in [0.15, 0.2) is 0 Å². The van der Waals surface area contributed by atoms with Crippen molar-refractivity contribution in [2.45, 2.75) is 92.5 Å². The minimum atomic E-state index is -0.0219. The largest absolute Gasteiger partial charge is 0.489 e. The Hall–Kier alpha value is -16.3. The van der Waals surface area contributed by atoms with Crippen molar-refractivity contribution in [1.82, 2.24) is 0 Å². The quantitative estimate of drug-likeness (QED) is 0.0359. The third-order valence-corrected chi connectivity index (χ3v) is 22.3. The molecule has 0 aromatic heterocycles. The Morgan fingerprint density at radius 1 is 0.121 bits per heavy atom. The van der Waals surface area contributed by atoms with Crippen LogP contribution in [0.1, 0.15) is 77.9 Å². The van der Waals surface area contributed by atoms with Crippen molar-refractivity contribution in [1.29, 1.82) is 0 Å². The first-order chi connectivity index (χ1) is 65.3. The molecule has 0 unspecified atom stereocenters. The molecule has 0 amide bonds. The van der Waals surface area contributed by atoms with Gasteiger partial charge < -0.3 is 66.3 Å². The fourth-order valence-electron chi connectivity index (χ4n) is 15.6. The topological polar surface area (TPSA) is 129 Å². The minimum absolute atomic E-state index is 0.0219. The van der Waals surface area contributed by atoms with Gasteiger partial charge in [-0.3, -0.25) is 0 Å². The molecule has 0 atom stereocenters. The summed E-state index contributed by atoms with van der Waals surface area (Å²) in [6.45, 7) is 3.24. The highest BCUT2D eigenvalue weighted by atomic mass is 16.5. The van der Waals surface area contributed by atoms with Crippen LogP contribution in [0.15, 0.2) is 425 Å². The lowest BCUT2D eigenvalue weighted by Gasteiger charge is -2.22. The number of hydrogen-bond acceptors (Lipinski definition) is 14. The lowest BCUT2D eigenvalue weighted by Crippen LogP contribution is -2.08. The van der Waals surface area contributed by atoms with Crippen molar-refractivity contribution < 1.29 is 66.3 Å². The molecule has 0 radical (unpaired) electrons. The summed E-state index contributed by atoms with van der Waals surface area (Å²) in [5, 5.41) is 3.81. The highest BCUT2D eigenvalue weighted by Gasteiger charge is 2.25. The number of hydrogen-bond donors (Lipinski definition) is 0. The molecule has 14 nitrogen and oxygen atoms in total. The van der Waals surface area contributed by atoms with E-state index in [1.165, 1.54) is 0 Å². The summed E-state index contributed by atoms with van der Waals surface area (Å²) in [7, 11) is 0. The molecule has 0 aliphatic rings. The van der Waals surface area contributed by atoms with Gasteiger partial charge in [0.05, 0.1) is 11.1 Å². The van der Waals surface area contributed by atoms with Gasteiger partial charge in [-0.1, -0.05) is 315 Å². The van der Waals surface area contributed by atoms with Crippen molar-refractivity contribution in [3.05, 3.63) is 503 Å². The molecule has 654 valence electrons. The Morgan fingerprint density at radius 2 is 0.303 bits per heavy atom. The summed E-state index contributed by atoms with van der Waals surface area (Å²) in [5.74, 6) is 8.27. The molecule has 0 N–H and O–H groups in total. The fraction of sp³-hybridized carbons (Fsp3) is 0.119. The van der Waals surface area contributed by atoms with E-state index < -0.39 is 0 Å². The average molecular weight is 1740 g/mol. The second-order valence-corrected chi connectivity index (χ2v) is 32.0. The summed E-state index contributed by atoms with van der Waals surface area (Å²) in [6, 6.07) is 141. The number of rotatable bonds is 43. The van der Waals surface area contributed by atoms with Gasteiger partial charge in [-0.2, -0.15) is 0 Å². The highest BCUT2D eigenvalue weighted by Crippen LogP contribution is 2.48. The lowest BCUT2D eigenvalue weighted by atomic mass is 9.92. The number of ether oxygens (including phenoxy) is 14. The van der Waals surface area contributed by atoms with Crippen LogP contribution in [-0.4, -0.2) is 0 Å². The molecule has 18 aromatic carbocycles. The SMILES string of the molecule is c1ccc(COc2cc(COc3cccc(OCc4cc(OCc5ccccc5)cc(OCc5ccccc5)c4)c3COc3ccc4ccccc4c3-c3c(OCc4c(OCc5cc(OCc6ccccc6)cc(OCc6ccccc6)c5)cccc4OCc4cc(OCc5ccccc5)cc(OCc5ccccc5)c4)ccc4ccccc34)cc(OCc3ccccc3)c2)cc1. The molecular weight excluding hydrogens is 1640 g/mol. The average Bonchev–Trinajstić information content (AvgIpc) is 0.749. The van der Waals surface area contributed by atoms with E-state index in [1.54, 1.807) is 0 Å². The summed E-state index contributed by atoms with van der Waals surface area (Å²) in [5.41, 5.74) is 14.4. The summed E-state index contributed by atoms with van der Waals surface area (Å²) in [4.78, 5) is 0. The second kappa shape index (κ2) is 43.9. The van der Waals surface area contributed by atoms with E-state index in [4.69, 9.17) is 66.3 Å². The van der Waals surface area contributed by atoms with E-state index in [9.17, 15) is 0 Å². The molecule has 0 aliphatic heterocycles. The van der Waals surface area contributed by atoms with Gasteiger partial charge in [-0.05, 0) is 173 Å². The molecule has 0 saturated carbocycles. The zero-order chi connectivity index (χ0) is 88.9. The van der Waals surface area contributed by atoms with Gasteiger partial charge >= 0.3 is 0 Å². The standard InChI is InChI=1S/C118H98O14/c1-9-31-85(32-10-1)71-119-99-59-93(60-100(67-99)120-72-86-33-11-2-12-34-86)79-127-111-51-29-52-112(128-80-94-61-101(121-73-87-35-13-3-14-36-87)68-102(62-94)122-74-88-37-15-4-16-38-88)109(111)83-131-115-57-55-97-47-25-27-49-107(97)117(115)118-108-50-28-26-48-98(108)56-58-116(118)132-84-110-113(129-81-95-63-103(123-75-89-39-17-5-18-40-89)69-104(64-95)124-76-90-41-19-6-20-42-90)53-30-54-114(110)130-82-96-65-105(125-77-91-43-21-7-22-44-91)70-106(66-96)126-78-92-45-23-8-24-46-92/h1-70H,71-84H2. The molecule has 0 spiro atoms. The first-order valence-electron chi connectivity index (χ1n) is 44.3. The smallest absolute Gasteiger partial charge is 0.130 e. The van der Waals surface area contributed by atoms with Crippen LogP contribution in [0.3, 0.4) is 0 Å². The molecular formula is C118H98O14. The van der Waals surface area contributed by atoms with Gasteiger partial charge in [-0.15, -0.1) is 0 Å². The molecule has 18 aromatic rings. The maximum atomic E-state index is 7.51. The van der Waals surface area contributed by atoms with Crippen molar-refractivity contribution in [3.63, 3.8) is 0 Å². The van der Waals surface area contributed by atoms with E-state index in [2.05, 4.69) is 60.7 Å². The van der Waals surface area contributed by atoms with Crippen LogP contribution in [0.2, 0.25) is 0 Å². The van der Waals surface area contributed by atoms with Crippen molar-refractivity contribution in [2.75, 3.05) is 0 Å². The van der Waals surface area contributed by atoms with Crippen molar-refractivity contribution >= 4 is 21.5 Å². The normalized spacial score (nSPS) is 11.0. The first-order valence-corrected chi connectivity index (χ1v) is 44.3. The van der Waals surface area contributed by atoms with Crippen LogP contribution < -0.4 is 66.3 Å². The van der Waals surface area contributed by atoms with Gasteiger partial charge in [0, 0.05) is 35.4 Å². The Balaban J connectivity index is 0.700. The Kier molecular flexibility index (Phi) is 28.8. The predicted octanol–water partition coefficient (Wildman–Crippen LogP) is 27.8. The fourth-order valence-corrected chi connectivity index (χ4v) is 15.6. The third kappa shape index (κ3) is 23.9. The number of fused-ring (bicyclic) bond motifs is 2. The van der Waals surface area contributed by atoms with E-state index in [0.29, 0.717) is 144 Å². The zero-order valence-electron chi connectivity index (χ0n) is 73.0. The van der Waals surface area contributed by atoms with Crippen LogP contribution in [0, 0.1) is 0 Å². The molecule has 14 heteroatoms. The van der Waals surface area contributed by atoms with Gasteiger partial charge in [0.1, 0.15) is 173 Å². The van der Waals surface area contributed by atoms with E-state index >= 15 is 0 Å². The molecule has 0 saturated heterocycles. The summed E-state index contributed by atoms with van der Waals surface area (Å²) < 4.78 is 95.8. The second-order valence-electron chi connectivity index (χ2n) is 32.0. The molecule has 18 rings (SSSR count). The Bertz CT molecular complexity index is 5800. The predicted molar refractivity (Wildman–Crippen MR) is 518 cm³/mol. The molecule has 0 fully saturated rings. The summed E-state index contributed by atoms with van der Waals surface area (Å²) >= 11 is 0. The third-order valence-electron chi connectivity index (χ3n) is 22.3. The molecule has 0 bridgehead atoms. The van der Waals surface area contributed by atoms with E-state index in [-0.39, 0.29) is 39.6 Å². The van der Waals surface area contributed by atoms with Gasteiger partial charge in [0.2, 0.25) is 0 Å². The maximum Gasteiger partial charge on any atom is 0.130 e. The zero-order valence-corrected chi connectivity index (χ0v) is 73.0. The summed E-state index contributed by atoms with van der Waals surface area (Å²) in [6.07, 6.45) is 0. The van der Waals surface area contributed by atoms with Crippen molar-refractivity contribution in [3.8, 4) is 91.6 Å². The Morgan fingerprint density at radius 3 is 0.515 bits per heavy atom. The van der Waals surface area contributed by atoms with E-state index in [0.717, 1.165) is 99.4 Å². The van der Waals surface area contributed by atoms with Crippen LogP contribution in [0.5, 0.6) is 80.5 Å². The van der Waals surface area contributed by atoms with E-state index in [1.807, 2.05) is 364 Å². The van der Waals surface area contributed by atoms with Gasteiger partial charge in [0.25, 0.3) is 0 Å². The van der Waals surface area contributed by atoms with Crippen molar-refractivity contribution in [2.24, 2.45) is 0 Å². The lowest BCUT2D eigenvalue weighted by molar-refractivity contribution is 0.249. The first kappa shape index (κ1) is 86.4. The molecule has 0 aliphatic carbocycles. The Labute approximate surface area is 769 Å². The van der Waals surface area contributed by atoms with Gasteiger partial charge in [-0.25, -0.2) is 0 Å². The monoisotopic (exact) mass is 1740 g/mol. The molecule has 132 heavy (non-hydrogen) atoms. The maximum absolute atomic E-state index is 7.51. The van der Waals surface area contributed by atoms with Crippen LogP contribution in [-0.2, 0) is 92.5 Å². The van der Waals surface area contributed by atoms with Crippen LogP contribution in [0.25, 0.3) is 32.7 Å². The van der Waals surface area contributed by atoms with Crippen LogP contribution in [0.4, 0.5) is 0 Å². The molecule has 0 heterocycles. The number of benzene rings is 18.